The van der Waals surface area contributed by atoms with Crippen LogP contribution in [-0.2, 0) is 4.79 Å². The van der Waals surface area contributed by atoms with E-state index in [1.807, 2.05) is 19.9 Å². The van der Waals surface area contributed by atoms with Crippen molar-refractivity contribution >= 4 is 32.6 Å². The van der Waals surface area contributed by atoms with Crippen molar-refractivity contribution in [2.45, 2.75) is 32.5 Å². The Morgan fingerprint density at radius 2 is 2.14 bits per heavy atom. The molecule has 0 radical (unpaired) electrons. The van der Waals surface area contributed by atoms with Crippen molar-refractivity contribution in [3.63, 3.8) is 0 Å². The molecule has 0 bridgehead atoms. The molecule has 2 rings (SSSR count). The van der Waals surface area contributed by atoms with Gasteiger partial charge in [-0.3, -0.25) is 9.69 Å². The summed E-state index contributed by atoms with van der Waals surface area (Å²) in [5.41, 5.74) is 0.0873. The molecule has 2 heterocycles. The van der Waals surface area contributed by atoms with Gasteiger partial charge in [0, 0.05) is 13.6 Å². The SMILES string of the molecule is CC(C)=CCN1C(Br)=NC2(C)C1C(=O)N(C#N)C(=O)N2C. The maximum atomic E-state index is 12.5. The second kappa shape index (κ2) is 5.15. The number of hydrogen-bond donors (Lipinski definition) is 0. The van der Waals surface area contributed by atoms with E-state index < -0.39 is 23.6 Å². The Morgan fingerprint density at radius 3 is 2.67 bits per heavy atom. The predicted octanol–water partition coefficient (Wildman–Crippen LogP) is 1.48. The first kappa shape index (κ1) is 15.5. The van der Waals surface area contributed by atoms with Crippen molar-refractivity contribution in [1.29, 1.82) is 5.26 Å². The van der Waals surface area contributed by atoms with Gasteiger partial charge in [0.15, 0.2) is 22.6 Å². The van der Waals surface area contributed by atoms with Gasteiger partial charge in [-0.15, -0.1) is 0 Å². The van der Waals surface area contributed by atoms with E-state index in [1.54, 1.807) is 25.1 Å². The largest absolute Gasteiger partial charge is 0.342 e. The molecule has 2 aliphatic rings. The summed E-state index contributed by atoms with van der Waals surface area (Å²) in [6.45, 7) is 6.10. The zero-order chi connectivity index (χ0) is 15.9. The number of allylic oxidation sites excluding steroid dienone is 1. The number of aliphatic imine (C=N–C) groups is 1. The monoisotopic (exact) mass is 353 g/mol. The summed E-state index contributed by atoms with van der Waals surface area (Å²) in [6, 6.07) is -1.38. The number of halogens is 1. The highest BCUT2D eigenvalue weighted by Crippen LogP contribution is 2.37. The van der Waals surface area contributed by atoms with Crippen LogP contribution in [-0.4, -0.2) is 56.7 Å². The van der Waals surface area contributed by atoms with Gasteiger partial charge >= 0.3 is 6.03 Å². The first-order valence-corrected chi connectivity index (χ1v) is 7.20. The average molecular weight is 354 g/mol. The standard InChI is InChI=1S/C13H16BrN5O2/c1-8(2)5-6-18-9-10(20)19(7-15)12(21)17(4)13(9,3)16-11(18)14/h5,9H,6H2,1-4H3. The second-order valence-electron chi connectivity index (χ2n) is 5.43. The van der Waals surface area contributed by atoms with Crippen LogP contribution in [0.15, 0.2) is 16.6 Å². The minimum absolute atomic E-state index is 0.472. The van der Waals surface area contributed by atoms with E-state index in [9.17, 15) is 9.59 Å². The molecule has 8 heteroatoms. The Labute approximate surface area is 131 Å². The summed E-state index contributed by atoms with van der Waals surface area (Å²) < 4.78 is 0.500. The Balaban J connectivity index is 2.46. The Kier molecular flexibility index (Phi) is 3.80. The quantitative estimate of drug-likeness (QED) is 0.427. The van der Waals surface area contributed by atoms with E-state index in [0.29, 0.717) is 16.2 Å². The summed E-state index contributed by atoms with van der Waals surface area (Å²) in [5.74, 6) is -0.552. The van der Waals surface area contributed by atoms with Crippen molar-refractivity contribution in [2.75, 3.05) is 13.6 Å². The molecule has 1 saturated heterocycles. The van der Waals surface area contributed by atoms with Crippen molar-refractivity contribution in [1.82, 2.24) is 14.7 Å². The molecule has 0 aromatic heterocycles. The van der Waals surface area contributed by atoms with Gasteiger partial charge in [0.2, 0.25) is 0 Å². The van der Waals surface area contributed by atoms with Crippen molar-refractivity contribution in [3.8, 4) is 6.19 Å². The van der Waals surface area contributed by atoms with E-state index in [1.165, 1.54) is 4.90 Å². The molecule has 0 spiro atoms. The highest BCUT2D eigenvalue weighted by atomic mass is 79.9. The van der Waals surface area contributed by atoms with Crippen LogP contribution in [0.2, 0.25) is 0 Å². The van der Waals surface area contributed by atoms with Crippen LogP contribution in [0.5, 0.6) is 0 Å². The molecule has 7 nitrogen and oxygen atoms in total. The number of nitrogens with zero attached hydrogens (tertiary/aromatic N) is 5. The lowest BCUT2D eigenvalue weighted by Gasteiger charge is -2.44. The Morgan fingerprint density at radius 1 is 1.52 bits per heavy atom. The molecule has 0 N–H and O–H groups in total. The highest BCUT2D eigenvalue weighted by Gasteiger charge is 2.59. The second-order valence-corrected chi connectivity index (χ2v) is 6.14. The number of carbonyl (C=O) groups excluding carboxylic acids is 2. The minimum Gasteiger partial charge on any atom is -0.331 e. The van der Waals surface area contributed by atoms with Gasteiger partial charge in [-0.1, -0.05) is 11.6 Å². The summed E-state index contributed by atoms with van der Waals surface area (Å²) in [4.78, 5) is 32.7. The fourth-order valence-electron chi connectivity index (χ4n) is 2.45. The molecule has 21 heavy (non-hydrogen) atoms. The first-order chi connectivity index (χ1) is 9.74. The molecule has 1 fully saturated rings. The number of rotatable bonds is 2. The molecule has 2 atom stereocenters. The first-order valence-electron chi connectivity index (χ1n) is 6.41. The number of imide groups is 1. The maximum absolute atomic E-state index is 12.5. The molecule has 0 aromatic carbocycles. The molecule has 0 aromatic rings. The fraction of sp³-hybridized carbons (Fsp3) is 0.538. The third-order valence-corrected chi connectivity index (χ3v) is 4.43. The summed E-state index contributed by atoms with van der Waals surface area (Å²) >= 11 is 3.35. The number of likely N-dealkylation sites (N-methyl/N-ethyl adjacent to an activating group) is 1. The number of amidine groups is 1. The van der Waals surface area contributed by atoms with E-state index in [0.717, 1.165) is 5.57 Å². The number of carbonyl (C=O) groups is 2. The molecule has 3 amide bonds. The van der Waals surface area contributed by atoms with Gasteiger partial charge < -0.3 is 4.90 Å². The van der Waals surface area contributed by atoms with Crippen LogP contribution in [0.25, 0.3) is 0 Å². The van der Waals surface area contributed by atoms with Crippen LogP contribution < -0.4 is 0 Å². The zero-order valence-electron chi connectivity index (χ0n) is 12.3. The van der Waals surface area contributed by atoms with Crippen molar-refractivity contribution in [2.24, 2.45) is 4.99 Å². The van der Waals surface area contributed by atoms with Crippen LogP contribution >= 0.6 is 15.9 Å². The summed E-state index contributed by atoms with van der Waals surface area (Å²) in [7, 11) is 1.54. The molecule has 0 aliphatic carbocycles. The van der Waals surface area contributed by atoms with E-state index in [4.69, 9.17) is 5.26 Å². The van der Waals surface area contributed by atoms with Gasteiger partial charge in [0.1, 0.15) is 0 Å². The molecule has 0 saturated carbocycles. The van der Waals surface area contributed by atoms with E-state index in [2.05, 4.69) is 20.9 Å². The van der Waals surface area contributed by atoms with Gasteiger partial charge in [-0.2, -0.15) is 10.2 Å². The number of hydrogen-bond acceptors (Lipinski definition) is 5. The number of urea groups is 1. The molecular formula is C13H16BrN5O2. The number of nitriles is 1. The van der Waals surface area contributed by atoms with E-state index in [-0.39, 0.29) is 0 Å². The highest BCUT2D eigenvalue weighted by molar-refractivity contribution is 9.18. The third kappa shape index (κ3) is 2.21. The topological polar surface area (TPSA) is 80.0 Å². The Bertz CT molecular complexity index is 604. The average Bonchev–Trinajstić information content (AvgIpc) is 2.66. The van der Waals surface area contributed by atoms with Crippen LogP contribution in [0.3, 0.4) is 0 Å². The van der Waals surface area contributed by atoms with Crippen LogP contribution in [0, 0.1) is 11.5 Å². The summed E-state index contributed by atoms with van der Waals surface area (Å²) in [5, 5.41) is 9.05. The normalized spacial score (nSPS) is 28.3. The van der Waals surface area contributed by atoms with Gasteiger partial charge in [0.25, 0.3) is 5.91 Å². The smallest absolute Gasteiger partial charge is 0.331 e. The van der Waals surface area contributed by atoms with E-state index >= 15 is 0 Å². The molecule has 2 unspecified atom stereocenters. The molecular weight excluding hydrogens is 338 g/mol. The van der Waals surface area contributed by atoms with Crippen LogP contribution in [0.4, 0.5) is 4.79 Å². The lowest BCUT2D eigenvalue weighted by Crippen LogP contribution is -2.69. The summed E-state index contributed by atoms with van der Waals surface area (Å²) in [6.07, 6.45) is 3.61. The fourth-order valence-corrected chi connectivity index (χ4v) is 3.16. The zero-order valence-corrected chi connectivity index (χ0v) is 13.9. The third-order valence-electron chi connectivity index (χ3n) is 3.79. The molecule has 2 aliphatic heterocycles. The number of fused-ring (bicyclic) bond motifs is 1. The Hall–Kier alpha value is -1.88. The lowest BCUT2D eigenvalue weighted by molar-refractivity contribution is -0.137. The molecule has 112 valence electrons. The van der Waals surface area contributed by atoms with Crippen molar-refractivity contribution < 1.29 is 9.59 Å². The predicted molar refractivity (Wildman–Crippen MR) is 80.3 cm³/mol. The van der Waals surface area contributed by atoms with Gasteiger partial charge in [-0.05, 0) is 36.7 Å². The number of amides is 3. The van der Waals surface area contributed by atoms with Gasteiger partial charge in [-0.25, -0.2) is 9.79 Å². The maximum Gasteiger partial charge on any atom is 0.342 e. The minimum atomic E-state index is -1.02. The van der Waals surface area contributed by atoms with Gasteiger partial charge in [0.05, 0.1) is 0 Å². The van der Waals surface area contributed by atoms with Crippen molar-refractivity contribution in [3.05, 3.63) is 11.6 Å². The van der Waals surface area contributed by atoms with Crippen LogP contribution in [0.1, 0.15) is 20.8 Å². The lowest BCUT2D eigenvalue weighted by atomic mass is 9.97.